The Labute approximate surface area is 111 Å². The molecule has 0 saturated carbocycles. The minimum absolute atomic E-state index is 0.0940. The highest BCUT2D eigenvalue weighted by Gasteiger charge is 2.01. The fraction of sp³-hybridized carbons (Fsp3) is 0. The van der Waals surface area contributed by atoms with E-state index in [1.165, 1.54) is 6.08 Å². The van der Waals surface area contributed by atoms with E-state index in [1.807, 2.05) is 36.4 Å². The normalized spacial score (nSPS) is 11.0. The summed E-state index contributed by atoms with van der Waals surface area (Å²) < 4.78 is 5.40. The van der Waals surface area contributed by atoms with Gasteiger partial charge in [-0.3, -0.25) is 0 Å². The lowest BCUT2D eigenvalue weighted by atomic mass is 10.2. The average molecular weight is 256 g/mol. The Balaban J connectivity index is 2.07. The highest BCUT2D eigenvalue weighted by molar-refractivity contribution is 7.80. The highest BCUT2D eigenvalue weighted by atomic mass is 32.1. The second-order valence-electron chi connectivity index (χ2n) is 3.63. The Kier molecular flexibility index (Phi) is 4.10. The van der Waals surface area contributed by atoms with Crippen LogP contribution in [-0.2, 0) is 0 Å². The van der Waals surface area contributed by atoms with Crippen LogP contribution in [0.1, 0.15) is 5.56 Å². The number of thiocarbonyl (C=S) groups is 1. The van der Waals surface area contributed by atoms with E-state index in [9.17, 15) is 5.11 Å². The molecule has 0 aliphatic rings. The van der Waals surface area contributed by atoms with Crippen molar-refractivity contribution in [3.63, 3.8) is 0 Å². The molecule has 0 bridgehead atoms. The summed E-state index contributed by atoms with van der Waals surface area (Å²) in [5.41, 5.74) is 0.705. The molecule has 90 valence electrons. The van der Waals surface area contributed by atoms with Gasteiger partial charge in [0.05, 0.1) is 0 Å². The second-order valence-corrected chi connectivity index (χ2v) is 4.03. The molecule has 0 aliphatic carbocycles. The molecule has 0 aliphatic heterocycles. The molecule has 18 heavy (non-hydrogen) atoms. The van der Waals surface area contributed by atoms with Crippen LogP contribution in [0.25, 0.3) is 5.76 Å². The van der Waals surface area contributed by atoms with Gasteiger partial charge in [-0.15, -0.1) is 0 Å². The van der Waals surface area contributed by atoms with E-state index < -0.39 is 0 Å². The van der Waals surface area contributed by atoms with Crippen LogP contribution in [0.5, 0.6) is 5.75 Å². The van der Waals surface area contributed by atoms with Gasteiger partial charge in [-0.25, -0.2) is 0 Å². The third-order valence-electron chi connectivity index (χ3n) is 2.29. The Bertz CT molecular complexity index is 547. The largest absolute Gasteiger partial charge is 0.507 e. The van der Waals surface area contributed by atoms with E-state index >= 15 is 0 Å². The van der Waals surface area contributed by atoms with Gasteiger partial charge in [-0.2, -0.15) is 0 Å². The van der Waals surface area contributed by atoms with Gasteiger partial charge >= 0.3 is 0 Å². The molecular weight excluding hydrogens is 244 g/mol. The summed E-state index contributed by atoms with van der Waals surface area (Å²) in [6, 6.07) is 18.4. The van der Waals surface area contributed by atoms with Crippen LogP contribution in [0.4, 0.5) is 0 Å². The van der Waals surface area contributed by atoms with Gasteiger partial charge in [0.25, 0.3) is 0 Å². The Morgan fingerprint density at radius 2 is 1.50 bits per heavy atom. The summed E-state index contributed by atoms with van der Waals surface area (Å²) in [6.45, 7) is 0. The monoisotopic (exact) mass is 256 g/mol. The number of ether oxygens (including phenoxy) is 1. The molecule has 0 unspecified atom stereocenters. The molecule has 2 rings (SSSR count). The number of hydrogen-bond donors (Lipinski definition) is 1. The average Bonchev–Trinajstić information content (AvgIpc) is 2.40. The quantitative estimate of drug-likeness (QED) is 0.511. The number of rotatable bonds is 3. The fourth-order valence-corrected chi connectivity index (χ4v) is 1.65. The number of benzene rings is 2. The van der Waals surface area contributed by atoms with E-state index in [4.69, 9.17) is 17.0 Å². The van der Waals surface area contributed by atoms with Crippen molar-refractivity contribution in [1.82, 2.24) is 0 Å². The third-order valence-corrected chi connectivity index (χ3v) is 2.49. The third kappa shape index (κ3) is 3.43. The zero-order chi connectivity index (χ0) is 12.8. The van der Waals surface area contributed by atoms with Crippen LogP contribution < -0.4 is 4.74 Å². The maximum Gasteiger partial charge on any atom is 0.194 e. The zero-order valence-electron chi connectivity index (χ0n) is 9.61. The summed E-state index contributed by atoms with van der Waals surface area (Å²) in [5, 5.41) is 10.1. The molecular formula is C15H12O2S. The van der Waals surface area contributed by atoms with Crippen LogP contribution in [-0.4, -0.2) is 10.2 Å². The van der Waals surface area contributed by atoms with Crippen molar-refractivity contribution in [3.8, 4) is 5.75 Å². The minimum atomic E-state index is 0.0940. The summed E-state index contributed by atoms with van der Waals surface area (Å²) in [7, 11) is 0. The molecule has 0 heterocycles. The number of aliphatic hydroxyl groups is 1. The van der Waals surface area contributed by atoms with E-state index in [-0.39, 0.29) is 10.8 Å². The molecule has 3 heteroatoms. The van der Waals surface area contributed by atoms with Gasteiger partial charge in [0, 0.05) is 11.6 Å². The minimum Gasteiger partial charge on any atom is -0.507 e. The first-order valence-corrected chi connectivity index (χ1v) is 5.89. The first-order valence-electron chi connectivity index (χ1n) is 5.48. The van der Waals surface area contributed by atoms with E-state index in [0.29, 0.717) is 11.3 Å². The Morgan fingerprint density at radius 1 is 0.944 bits per heavy atom. The summed E-state index contributed by atoms with van der Waals surface area (Å²) >= 11 is 5.05. The molecule has 0 aromatic heterocycles. The fourth-order valence-electron chi connectivity index (χ4n) is 1.44. The Morgan fingerprint density at radius 3 is 2.11 bits per heavy atom. The van der Waals surface area contributed by atoms with Crippen LogP contribution in [0.3, 0.4) is 0 Å². The van der Waals surface area contributed by atoms with Gasteiger partial charge in [-0.05, 0) is 24.4 Å². The zero-order valence-corrected chi connectivity index (χ0v) is 10.4. The van der Waals surface area contributed by atoms with E-state index in [1.54, 1.807) is 24.3 Å². The van der Waals surface area contributed by atoms with Crippen molar-refractivity contribution in [2.45, 2.75) is 0 Å². The van der Waals surface area contributed by atoms with Crippen molar-refractivity contribution in [2.24, 2.45) is 0 Å². The molecule has 2 aromatic carbocycles. The predicted octanol–water partition coefficient (Wildman–Crippen LogP) is 3.99. The lowest BCUT2D eigenvalue weighted by Gasteiger charge is -2.04. The van der Waals surface area contributed by atoms with Crippen molar-refractivity contribution in [1.29, 1.82) is 0 Å². The topological polar surface area (TPSA) is 29.5 Å². The van der Waals surface area contributed by atoms with E-state index in [2.05, 4.69) is 0 Å². The molecule has 0 saturated heterocycles. The smallest absolute Gasteiger partial charge is 0.194 e. The maximum absolute atomic E-state index is 9.86. The SMILES string of the molecule is OC(=CC(=S)Oc1ccccc1)c1ccccc1. The van der Waals surface area contributed by atoms with Crippen LogP contribution >= 0.6 is 12.2 Å². The number of para-hydroxylation sites is 1. The highest BCUT2D eigenvalue weighted by Crippen LogP contribution is 2.13. The van der Waals surface area contributed by atoms with Crippen molar-refractivity contribution >= 4 is 23.0 Å². The van der Waals surface area contributed by atoms with Gasteiger partial charge in [0.2, 0.25) is 0 Å². The van der Waals surface area contributed by atoms with Gasteiger partial charge in [-0.1, -0.05) is 48.5 Å². The van der Waals surface area contributed by atoms with Gasteiger partial charge in [0.15, 0.2) is 5.05 Å². The molecule has 2 aromatic rings. The standard InChI is InChI=1S/C15H12O2S/c16-14(12-7-3-1-4-8-12)11-15(18)17-13-9-5-2-6-10-13/h1-11,16H. The van der Waals surface area contributed by atoms with Gasteiger partial charge < -0.3 is 9.84 Å². The molecule has 0 radical (unpaired) electrons. The molecule has 1 N–H and O–H groups in total. The number of aliphatic hydroxyl groups excluding tert-OH is 1. The van der Waals surface area contributed by atoms with Crippen LogP contribution in [0.2, 0.25) is 0 Å². The van der Waals surface area contributed by atoms with E-state index in [0.717, 1.165) is 0 Å². The molecule has 0 amide bonds. The van der Waals surface area contributed by atoms with Crippen molar-refractivity contribution in [3.05, 3.63) is 72.3 Å². The lowest BCUT2D eigenvalue weighted by molar-refractivity contribution is 0.509. The summed E-state index contributed by atoms with van der Waals surface area (Å²) in [6.07, 6.45) is 1.43. The van der Waals surface area contributed by atoms with Crippen LogP contribution in [0, 0.1) is 0 Å². The van der Waals surface area contributed by atoms with Gasteiger partial charge in [0.1, 0.15) is 11.5 Å². The van der Waals surface area contributed by atoms with Crippen LogP contribution in [0.15, 0.2) is 66.7 Å². The molecule has 2 nitrogen and oxygen atoms in total. The Hall–Kier alpha value is -2.13. The molecule has 0 fully saturated rings. The lowest BCUT2D eigenvalue weighted by Crippen LogP contribution is -2.02. The number of hydrogen-bond acceptors (Lipinski definition) is 3. The maximum atomic E-state index is 9.86. The molecule has 0 spiro atoms. The van der Waals surface area contributed by atoms with Crippen molar-refractivity contribution < 1.29 is 9.84 Å². The molecule has 0 atom stereocenters. The summed E-state index contributed by atoms with van der Waals surface area (Å²) in [5.74, 6) is 0.746. The summed E-state index contributed by atoms with van der Waals surface area (Å²) in [4.78, 5) is 0. The predicted molar refractivity (Wildman–Crippen MR) is 76.7 cm³/mol. The van der Waals surface area contributed by atoms with Crippen molar-refractivity contribution in [2.75, 3.05) is 0 Å². The second kappa shape index (κ2) is 5.98. The first-order chi connectivity index (χ1) is 8.75. The first kappa shape index (κ1) is 12.3.